The van der Waals surface area contributed by atoms with Gasteiger partial charge in [0.15, 0.2) is 0 Å². The highest BCUT2D eigenvalue weighted by Crippen LogP contribution is 2.12. The summed E-state index contributed by atoms with van der Waals surface area (Å²) < 4.78 is 13.7. The summed E-state index contributed by atoms with van der Waals surface area (Å²) in [6.45, 7) is 5.68. The molecule has 1 amide bonds. The fraction of sp³-hybridized carbons (Fsp3) is 0.533. The van der Waals surface area contributed by atoms with Crippen LogP contribution in [0, 0.1) is 5.82 Å². The highest BCUT2D eigenvalue weighted by Gasteiger charge is 2.17. The Morgan fingerprint density at radius 3 is 2.80 bits per heavy atom. The zero-order chi connectivity index (χ0) is 14.5. The van der Waals surface area contributed by atoms with Crippen LogP contribution in [-0.2, 0) is 6.54 Å². The maximum Gasteiger partial charge on any atom is 0.248 e. The number of hydrogen-bond acceptors (Lipinski definition) is 3. The van der Waals surface area contributed by atoms with Crippen LogP contribution in [0.15, 0.2) is 18.2 Å². The van der Waals surface area contributed by atoms with Crippen molar-refractivity contribution in [3.05, 3.63) is 35.1 Å². The first-order chi connectivity index (χ1) is 9.58. The number of nitrogens with zero attached hydrogens (tertiary/aromatic N) is 1. The molecule has 1 aliphatic rings. The maximum absolute atomic E-state index is 13.7. The van der Waals surface area contributed by atoms with E-state index in [0.717, 1.165) is 19.6 Å². The second-order valence-corrected chi connectivity index (χ2v) is 5.39. The van der Waals surface area contributed by atoms with Crippen LogP contribution in [0.3, 0.4) is 0 Å². The van der Waals surface area contributed by atoms with Crippen LogP contribution in [0.25, 0.3) is 0 Å². The number of benzene rings is 1. The van der Waals surface area contributed by atoms with E-state index in [1.807, 2.05) is 0 Å². The lowest BCUT2D eigenvalue weighted by Gasteiger charge is -2.24. The summed E-state index contributed by atoms with van der Waals surface area (Å²) in [6.07, 6.45) is 2.53. The normalized spacial score (nSPS) is 17.3. The largest absolute Gasteiger partial charge is 0.366 e. The summed E-state index contributed by atoms with van der Waals surface area (Å²) in [7, 11) is 0. The molecule has 1 heterocycles. The molecule has 1 fully saturated rings. The topological polar surface area (TPSA) is 58.4 Å². The van der Waals surface area contributed by atoms with E-state index in [4.69, 9.17) is 5.73 Å². The number of primary amides is 1. The Bertz CT molecular complexity index is 472. The van der Waals surface area contributed by atoms with Gasteiger partial charge >= 0.3 is 0 Å². The molecule has 1 aromatic carbocycles. The molecule has 4 nitrogen and oxygen atoms in total. The van der Waals surface area contributed by atoms with Crippen LogP contribution in [0.4, 0.5) is 4.39 Å². The molecule has 3 N–H and O–H groups in total. The Hall–Kier alpha value is -1.46. The van der Waals surface area contributed by atoms with Crippen LogP contribution < -0.4 is 11.1 Å². The Kier molecular flexibility index (Phi) is 5.09. The van der Waals surface area contributed by atoms with Gasteiger partial charge in [0.2, 0.25) is 5.91 Å². The molecule has 20 heavy (non-hydrogen) atoms. The molecule has 0 radical (unpaired) electrons. The van der Waals surface area contributed by atoms with Gasteiger partial charge < -0.3 is 11.1 Å². The molecule has 5 heteroatoms. The average molecular weight is 279 g/mol. The van der Waals surface area contributed by atoms with E-state index in [1.54, 1.807) is 0 Å². The lowest BCUT2D eigenvalue weighted by molar-refractivity contribution is 0.1000. The summed E-state index contributed by atoms with van der Waals surface area (Å²) in [4.78, 5) is 13.5. The highest BCUT2D eigenvalue weighted by molar-refractivity contribution is 5.92. The summed E-state index contributed by atoms with van der Waals surface area (Å²) in [5, 5.41) is 3.25. The Balaban J connectivity index is 1.87. The Morgan fingerprint density at radius 1 is 1.45 bits per heavy atom. The van der Waals surface area contributed by atoms with Crippen LogP contribution in [0.5, 0.6) is 0 Å². The first-order valence-electron chi connectivity index (χ1n) is 7.11. The van der Waals surface area contributed by atoms with E-state index in [-0.39, 0.29) is 5.82 Å². The van der Waals surface area contributed by atoms with Gasteiger partial charge in [0.1, 0.15) is 5.82 Å². The molecule has 0 bridgehead atoms. The number of amides is 1. The third kappa shape index (κ3) is 3.77. The van der Waals surface area contributed by atoms with Crippen molar-refractivity contribution >= 4 is 5.91 Å². The molecule has 110 valence electrons. The Labute approximate surface area is 119 Å². The molecule has 0 aromatic heterocycles. The van der Waals surface area contributed by atoms with Crippen molar-refractivity contribution in [1.29, 1.82) is 0 Å². The zero-order valence-corrected chi connectivity index (χ0v) is 11.9. The molecular weight excluding hydrogens is 257 g/mol. The second kappa shape index (κ2) is 6.81. The third-order valence-corrected chi connectivity index (χ3v) is 3.85. The monoisotopic (exact) mass is 279 g/mol. The molecule has 1 unspecified atom stereocenters. The molecular formula is C15H22FN3O. The second-order valence-electron chi connectivity index (χ2n) is 5.39. The maximum atomic E-state index is 13.7. The lowest BCUT2D eigenvalue weighted by Crippen LogP contribution is -2.38. The van der Waals surface area contributed by atoms with E-state index in [1.165, 1.54) is 31.0 Å². The number of likely N-dealkylation sites (tertiary alicyclic amines) is 1. The SMILES string of the molecule is CC(CNCc1cc(C(N)=O)ccc1F)N1CCCC1. The smallest absolute Gasteiger partial charge is 0.248 e. The van der Waals surface area contributed by atoms with Crippen LogP contribution in [0.1, 0.15) is 35.7 Å². The quantitative estimate of drug-likeness (QED) is 0.829. The standard InChI is InChI=1S/C15H22FN3O/c1-11(19-6-2-3-7-19)9-18-10-13-8-12(15(17)20)4-5-14(13)16/h4-5,8,11,18H,2-3,6-7,9-10H2,1H3,(H2,17,20). The van der Waals surface area contributed by atoms with Gasteiger partial charge in [0.25, 0.3) is 0 Å². The van der Waals surface area contributed by atoms with Gasteiger partial charge in [-0.3, -0.25) is 9.69 Å². The van der Waals surface area contributed by atoms with E-state index in [2.05, 4.69) is 17.1 Å². The van der Waals surface area contributed by atoms with Crippen molar-refractivity contribution in [2.75, 3.05) is 19.6 Å². The number of rotatable bonds is 6. The van der Waals surface area contributed by atoms with E-state index >= 15 is 0 Å². The van der Waals surface area contributed by atoms with Gasteiger partial charge in [-0.15, -0.1) is 0 Å². The van der Waals surface area contributed by atoms with Crippen molar-refractivity contribution in [2.45, 2.75) is 32.4 Å². The number of halogens is 1. The lowest BCUT2D eigenvalue weighted by atomic mass is 10.1. The zero-order valence-electron chi connectivity index (χ0n) is 11.9. The fourth-order valence-corrected chi connectivity index (χ4v) is 2.59. The molecule has 1 aromatic rings. The highest BCUT2D eigenvalue weighted by atomic mass is 19.1. The van der Waals surface area contributed by atoms with Crippen molar-refractivity contribution in [3.8, 4) is 0 Å². The Morgan fingerprint density at radius 2 is 2.15 bits per heavy atom. The molecule has 0 aliphatic carbocycles. The summed E-state index contributed by atoms with van der Waals surface area (Å²) in [5.41, 5.74) is 6.03. The number of carbonyl (C=O) groups excluding carboxylic acids is 1. The first kappa shape index (κ1) is 14.9. The molecule has 0 saturated carbocycles. The summed E-state index contributed by atoms with van der Waals surface area (Å²) in [6, 6.07) is 4.67. The van der Waals surface area contributed by atoms with Crippen LogP contribution in [0.2, 0.25) is 0 Å². The predicted molar refractivity (Wildman–Crippen MR) is 76.9 cm³/mol. The minimum Gasteiger partial charge on any atom is -0.366 e. The van der Waals surface area contributed by atoms with Crippen molar-refractivity contribution in [1.82, 2.24) is 10.2 Å². The van der Waals surface area contributed by atoms with Crippen LogP contribution >= 0.6 is 0 Å². The predicted octanol–water partition coefficient (Wildman–Crippen LogP) is 1.50. The van der Waals surface area contributed by atoms with Crippen molar-refractivity contribution < 1.29 is 9.18 Å². The molecule has 1 atom stereocenters. The summed E-state index contributed by atoms with van der Waals surface area (Å²) in [5.74, 6) is -0.840. The summed E-state index contributed by atoms with van der Waals surface area (Å²) >= 11 is 0. The fourth-order valence-electron chi connectivity index (χ4n) is 2.59. The average Bonchev–Trinajstić information content (AvgIpc) is 2.94. The molecule has 1 saturated heterocycles. The van der Waals surface area contributed by atoms with E-state index in [0.29, 0.717) is 23.7 Å². The van der Waals surface area contributed by atoms with Crippen LogP contribution in [-0.4, -0.2) is 36.5 Å². The third-order valence-electron chi connectivity index (χ3n) is 3.85. The number of carbonyl (C=O) groups is 1. The molecule has 2 rings (SSSR count). The van der Waals surface area contributed by atoms with Gasteiger partial charge in [-0.2, -0.15) is 0 Å². The van der Waals surface area contributed by atoms with Crippen molar-refractivity contribution in [3.63, 3.8) is 0 Å². The van der Waals surface area contributed by atoms with Gasteiger partial charge in [-0.1, -0.05) is 0 Å². The molecule has 0 spiro atoms. The number of hydrogen-bond donors (Lipinski definition) is 2. The van der Waals surface area contributed by atoms with Gasteiger partial charge in [0, 0.05) is 30.3 Å². The minimum atomic E-state index is -0.531. The number of nitrogens with one attached hydrogen (secondary N) is 1. The van der Waals surface area contributed by atoms with Gasteiger partial charge in [0.05, 0.1) is 0 Å². The molecule has 1 aliphatic heterocycles. The van der Waals surface area contributed by atoms with Gasteiger partial charge in [-0.25, -0.2) is 4.39 Å². The minimum absolute atomic E-state index is 0.309. The van der Waals surface area contributed by atoms with E-state index in [9.17, 15) is 9.18 Å². The first-order valence-corrected chi connectivity index (χ1v) is 7.11. The van der Waals surface area contributed by atoms with Crippen molar-refractivity contribution in [2.24, 2.45) is 5.73 Å². The number of nitrogens with two attached hydrogens (primary N) is 1. The van der Waals surface area contributed by atoms with Gasteiger partial charge in [-0.05, 0) is 51.1 Å². The van der Waals surface area contributed by atoms with E-state index < -0.39 is 5.91 Å².